The summed E-state index contributed by atoms with van der Waals surface area (Å²) < 4.78 is 0. The Kier molecular flexibility index (Phi) is 2.45. The molecule has 0 aliphatic heterocycles. The van der Waals surface area contributed by atoms with Gasteiger partial charge < -0.3 is 0 Å². The molecule has 0 atom stereocenters. The van der Waals surface area contributed by atoms with Crippen molar-refractivity contribution >= 4 is 11.6 Å². The van der Waals surface area contributed by atoms with Crippen LogP contribution in [-0.2, 0) is 6.42 Å². The van der Waals surface area contributed by atoms with Gasteiger partial charge in [-0.15, -0.1) is 0 Å². The Labute approximate surface area is 71.6 Å². The van der Waals surface area contributed by atoms with Gasteiger partial charge in [0.15, 0.2) is 0 Å². The van der Waals surface area contributed by atoms with Crippen LogP contribution < -0.4 is 0 Å². The molecule has 0 fully saturated rings. The smallest absolute Gasteiger partial charge is 0.135 e. The number of hydrogen-bond donors (Lipinski definition) is 0. The van der Waals surface area contributed by atoms with Gasteiger partial charge in [0.2, 0.25) is 0 Å². The number of aromatic nitrogens is 2. The summed E-state index contributed by atoms with van der Waals surface area (Å²) in [6, 6.07) is 0. The van der Waals surface area contributed by atoms with Gasteiger partial charge in [0.05, 0.1) is 0 Å². The molecule has 60 valence electrons. The van der Waals surface area contributed by atoms with Crippen molar-refractivity contribution in [3.8, 4) is 0 Å². The summed E-state index contributed by atoms with van der Waals surface area (Å²) in [5, 5.41) is 0.578. The Morgan fingerprint density at radius 3 is 2.45 bits per heavy atom. The van der Waals surface area contributed by atoms with E-state index in [-0.39, 0.29) is 0 Å². The molecule has 0 N–H and O–H groups in total. The maximum atomic E-state index is 5.85. The Hall–Kier alpha value is -0.630. The normalized spacial score (nSPS) is 10.2. The van der Waals surface area contributed by atoms with Crippen molar-refractivity contribution in [3.05, 3.63) is 22.2 Å². The highest BCUT2D eigenvalue weighted by Crippen LogP contribution is 2.15. The summed E-state index contributed by atoms with van der Waals surface area (Å²) in [6.45, 7) is 5.86. The first kappa shape index (κ1) is 8.47. The molecule has 2 nitrogen and oxygen atoms in total. The topological polar surface area (TPSA) is 25.8 Å². The summed E-state index contributed by atoms with van der Waals surface area (Å²) in [5.74, 6) is 0.748. The molecule has 0 amide bonds. The predicted molar refractivity (Wildman–Crippen MR) is 45.9 cm³/mol. The van der Waals surface area contributed by atoms with Crippen LogP contribution in [0.15, 0.2) is 0 Å². The summed E-state index contributed by atoms with van der Waals surface area (Å²) >= 11 is 5.85. The van der Waals surface area contributed by atoms with E-state index in [1.807, 2.05) is 13.8 Å². The predicted octanol–water partition coefficient (Wildman–Crippen LogP) is 2.31. The van der Waals surface area contributed by atoms with Crippen LogP contribution >= 0.6 is 11.6 Å². The molecular formula is C8H11ClN2. The van der Waals surface area contributed by atoms with Gasteiger partial charge in [-0.1, -0.05) is 18.5 Å². The minimum absolute atomic E-state index is 0.578. The van der Waals surface area contributed by atoms with Crippen LogP contribution in [0.4, 0.5) is 0 Å². The average Bonchev–Trinajstić information content (AvgIpc) is 1.96. The van der Waals surface area contributed by atoms with E-state index < -0.39 is 0 Å². The van der Waals surface area contributed by atoms with Crippen molar-refractivity contribution in [1.82, 2.24) is 9.97 Å². The SMILES string of the molecule is CCc1nc(C)nc(Cl)c1C. The average molecular weight is 171 g/mol. The maximum Gasteiger partial charge on any atom is 0.135 e. The van der Waals surface area contributed by atoms with Gasteiger partial charge in [0, 0.05) is 11.3 Å². The molecule has 1 aromatic rings. The first-order valence-electron chi connectivity index (χ1n) is 3.64. The Morgan fingerprint density at radius 1 is 1.27 bits per heavy atom. The highest BCUT2D eigenvalue weighted by molar-refractivity contribution is 6.30. The fourth-order valence-corrected chi connectivity index (χ4v) is 1.22. The van der Waals surface area contributed by atoms with E-state index in [4.69, 9.17) is 11.6 Å². The van der Waals surface area contributed by atoms with Crippen LogP contribution in [0.5, 0.6) is 0 Å². The van der Waals surface area contributed by atoms with Crippen molar-refractivity contribution in [3.63, 3.8) is 0 Å². The Bertz CT molecular complexity index is 271. The first-order valence-corrected chi connectivity index (χ1v) is 4.02. The number of rotatable bonds is 1. The lowest BCUT2D eigenvalue weighted by atomic mass is 10.2. The van der Waals surface area contributed by atoms with Crippen LogP contribution in [0, 0.1) is 13.8 Å². The van der Waals surface area contributed by atoms with Crippen LogP contribution in [0.25, 0.3) is 0 Å². The molecule has 0 aliphatic rings. The van der Waals surface area contributed by atoms with Gasteiger partial charge in [-0.2, -0.15) is 0 Å². The van der Waals surface area contributed by atoms with Crippen molar-refractivity contribution in [2.45, 2.75) is 27.2 Å². The van der Waals surface area contributed by atoms with E-state index in [1.54, 1.807) is 0 Å². The largest absolute Gasteiger partial charge is 0.238 e. The fraction of sp³-hybridized carbons (Fsp3) is 0.500. The molecule has 0 spiro atoms. The van der Waals surface area contributed by atoms with Crippen molar-refractivity contribution < 1.29 is 0 Å². The second-order valence-electron chi connectivity index (χ2n) is 2.49. The van der Waals surface area contributed by atoms with E-state index in [1.165, 1.54) is 0 Å². The van der Waals surface area contributed by atoms with Crippen LogP contribution in [0.2, 0.25) is 5.15 Å². The first-order chi connectivity index (χ1) is 5.15. The molecule has 0 bridgehead atoms. The second-order valence-corrected chi connectivity index (χ2v) is 2.84. The third-order valence-corrected chi connectivity index (χ3v) is 2.00. The van der Waals surface area contributed by atoms with Crippen LogP contribution in [0.1, 0.15) is 24.0 Å². The zero-order valence-electron chi connectivity index (χ0n) is 6.98. The fourth-order valence-electron chi connectivity index (χ4n) is 0.993. The van der Waals surface area contributed by atoms with Crippen molar-refractivity contribution in [1.29, 1.82) is 0 Å². The van der Waals surface area contributed by atoms with E-state index in [2.05, 4.69) is 16.9 Å². The number of nitrogens with zero attached hydrogens (tertiary/aromatic N) is 2. The minimum atomic E-state index is 0.578. The molecule has 1 heterocycles. The highest BCUT2D eigenvalue weighted by atomic mass is 35.5. The van der Waals surface area contributed by atoms with Crippen LogP contribution in [-0.4, -0.2) is 9.97 Å². The van der Waals surface area contributed by atoms with Gasteiger partial charge >= 0.3 is 0 Å². The summed E-state index contributed by atoms with van der Waals surface area (Å²) in [6.07, 6.45) is 0.912. The molecule has 0 aliphatic carbocycles. The molecular weight excluding hydrogens is 160 g/mol. The molecule has 0 saturated carbocycles. The monoisotopic (exact) mass is 170 g/mol. The maximum absolute atomic E-state index is 5.85. The van der Waals surface area contributed by atoms with E-state index in [9.17, 15) is 0 Å². The molecule has 1 rings (SSSR count). The molecule has 0 aromatic carbocycles. The molecule has 0 unspecified atom stereocenters. The zero-order chi connectivity index (χ0) is 8.43. The highest BCUT2D eigenvalue weighted by Gasteiger charge is 2.03. The van der Waals surface area contributed by atoms with Gasteiger partial charge in [-0.05, 0) is 20.3 Å². The molecule has 11 heavy (non-hydrogen) atoms. The minimum Gasteiger partial charge on any atom is -0.238 e. The van der Waals surface area contributed by atoms with E-state index >= 15 is 0 Å². The summed E-state index contributed by atoms with van der Waals surface area (Å²) in [4.78, 5) is 8.29. The van der Waals surface area contributed by atoms with E-state index in [0.29, 0.717) is 5.15 Å². The molecule has 0 radical (unpaired) electrons. The number of aryl methyl sites for hydroxylation is 2. The van der Waals surface area contributed by atoms with Gasteiger partial charge in [0.25, 0.3) is 0 Å². The second kappa shape index (κ2) is 3.18. The molecule has 0 saturated heterocycles. The summed E-state index contributed by atoms with van der Waals surface area (Å²) in [7, 11) is 0. The zero-order valence-corrected chi connectivity index (χ0v) is 7.74. The van der Waals surface area contributed by atoms with Crippen molar-refractivity contribution in [2.75, 3.05) is 0 Å². The Balaban J connectivity index is 3.24. The van der Waals surface area contributed by atoms with E-state index in [0.717, 1.165) is 23.5 Å². The lowest BCUT2D eigenvalue weighted by Gasteiger charge is -2.03. The van der Waals surface area contributed by atoms with Crippen LogP contribution in [0.3, 0.4) is 0 Å². The third kappa shape index (κ3) is 1.69. The molecule has 1 aromatic heterocycles. The van der Waals surface area contributed by atoms with Crippen molar-refractivity contribution in [2.24, 2.45) is 0 Å². The quantitative estimate of drug-likeness (QED) is 0.605. The van der Waals surface area contributed by atoms with Gasteiger partial charge in [0.1, 0.15) is 11.0 Å². The lowest BCUT2D eigenvalue weighted by molar-refractivity contribution is 0.926. The molecule has 3 heteroatoms. The number of hydrogen-bond acceptors (Lipinski definition) is 2. The van der Waals surface area contributed by atoms with Gasteiger partial charge in [-0.3, -0.25) is 0 Å². The Morgan fingerprint density at radius 2 is 1.91 bits per heavy atom. The lowest BCUT2D eigenvalue weighted by Crippen LogP contribution is -1.98. The van der Waals surface area contributed by atoms with Gasteiger partial charge in [-0.25, -0.2) is 9.97 Å². The standard InChI is InChI=1S/C8H11ClN2/c1-4-7-5(2)8(9)11-6(3)10-7/h4H2,1-3H3. The third-order valence-electron chi connectivity index (χ3n) is 1.63. The number of halogens is 1. The summed E-state index contributed by atoms with van der Waals surface area (Å²) in [5.41, 5.74) is 2.04.